The molecule has 0 radical (unpaired) electrons. The summed E-state index contributed by atoms with van der Waals surface area (Å²) in [6.07, 6.45) is 0. The van der Waals surface area contributed by atoms with Gasteiger partial charge in [-0.05, 0) is 54.4 Å². The lowest BCUT2D eigenvalue weighted by molar-refractivity contribution is 0.714. The summed E-state index contributed by atoms with van der Waals surface area (Å²) in [5.41, 5.74) is 5.03. The smallest absolute Gasteiger partial charge is 0.133 e. The molecule has 2 rings (SSSR count). The number of nitrogens with zero attached hydrogens (tertiary/aromatic N) is 2. The van der Waals surface area contributed by atoms with Crippen LogP contribution >= 0.6 is 11.3 Å². The first-order chi connectivity index (χ1) is 9.61. The van der Waals surface area contributed by atoms with Crippen LogP contribution in [0.5, 0.6) is 0 Å². The van der Waals surface area contributed by atoms with Crippen molar-refractivity contribution in [1.82, 2.24) is 10.3 Å². The van der Waals surface area contributed by atoms with Crippen LogP contribution in [0.25, 0.3) is 0 Å². The highest BCUT2D eigenvalue weighted by atomic mass is 32.1. The quantitative estimate of drug-likeness (QED) is 0.882. The second kappa shape index (κ2) is 6.86. The maximum atomic E-state index is 4.76. The molecule has 2 aromatic heterocycles. The van der Waals surface area contributed by atoms with Gasteiger partial charge in [0.1, 0.15) is 5.82 Å². The van der Waals surface area contributed by atoms with Crippen LogP contribution in [0.3, 0.4) is 0 Å². The van der Waals surface area contributed by atoms with E-state index in [-0.39, 0.29) is 0 Å². The minimum Gasteiger partial charge on any atom is -0.355 e. The Morgan fingerprint density at radius 3 is 2.80 bits per heavy atom. The summed E-state index contributed by atoms with van der Waals surface area (Å²) < 4.78 is 0. The van der Waals surface area contributed by atoms with Crippen molar-refractivity contribution >= 4 is 17.2 Å². The zero-order chi connectivity index (χ0) is 14.5. The second-order valence-corrected chi connectivity index (χ2v) is 5.93. The molecular formula is C16H23N3S. The molecule has 0 bridgehead atoms. The fraction of sp³-hybridized carbons (Fsp3) is 0.438. The monoisotopic (exact) mass is 289 g/mol. The van der Waals surface area contributed by atoms with Gasteiger partial charge in [-0.25, -0.2) is 4.98 Å². The van der Waals surface area contributed by atoms with Gasteiger partial charge in [-0.15, -0.1) is 0 Å². The van der Waals surface area contributed by atoms with E-state index in [1.807, 2.05) is 0 Å². The summed E-state index contributed by atoms with van der Waals surface area (Å²) in [4.78, 5) is 7.00. The molecule has 0 aliphatic rings. The Morgan fingerprint density at radius 1 is 1.35 bits per heavy atom. The van der Waals surface area contributed by atoms with E-state index in [9.17, 15) is 0 Å². The van der Waals surface area contributed by atoms with Crippen molar-refractivity contribution in [1.29, 1.82) is 0 Å². The number of rotatable bonds is 6. The molecule has 0 aliphatic carbocycles. The van der Waals surface area contributed by atoms with Crippen LogP contribution in [-0.2, 0) is 13.1 Å². The predicted molar refractivity (Wildman–Crippen MR) is 87.5 cm³/mol. The summed E-state index contributed by atoms with van der Waals surface area (Å²) in [6.45, 7) is 9.11. The van der Waals surface area contributed by atoms with Gasteiger partial charge < -0.3 is 10.2 Å². The SMILES string of the molecule is CCNCc1c(C)cc(C)nc1N(C)Cc1ccsc1. The molecule has 3 nitrogen and oxygen atoms in total. The third-order valence-corrected chi connectivity index (χ3v) is 4.10. The maximum absolute atomic E-state index is 4.76. The summed E-state index contributed by atoms with van der Waals surface area (Å²) in [7, 11) is 2.12. The lowest BCUT2D eigenvalue weighted by atomic mass is 10.1. The number of thiophene rings is 1. The molecule has 0 spiro atoms. The molecule has 0 unspecified atom stereocenters. The normalized spacial score (nSPS) is 10.8. The van der Waals surface area contributed by atoms with Gasteiger partial charge in [-0.3, -0.25) is 0 Å². The molecule has 2 heterocycles. The van der Waals surface area contributed by atoms with Crippen LogP contribution in [0.2, 0.25) is 0 Å². The Morgan fingerprint density at radius 2 is 2.15 bits per heavy atom. The highest BCUT2D eigenvalue weighted by Gasteiger charge is 2.13. The average Bonchev–Trinajstić information content (AvgIpc) is 2.89. The van der Waals surface area contributed by atoms with E-state index < -0.39 is 0 Å². The molecular weight excluding hydrogens is 266 g/mol. The third kappa shape index (κ3) is 3.58. The van der Waals surface area contributed by atoms with Crippen LogP contribution in [0.15, 0.2) is 22.9 Å². The van der Waals surface area contributed by atoms with Gasteiger partial charge in [0.2, 0.25) is 0 Å². The topological polar surface area (TPSA) is 28.2 Å². The molecule has 4 heteroatoms. The Labute approximate surface area is 125 Å². The largest absolute Gasteiger partial charge is 0.355 e. The van der Waals surface area contributed by atoms with Crippen molar-refractivity contribution in [2.75, 3.05) is 18.5 Å². The van der Waals surface area contributed by atoms with Crippen molar-refractivity contribution < 1.29 is 0 Å². The Bertz CT molecular complexity index is 549. The minimum atomic E-state index is 0.874. The highest BCUT2D eigenvalue weighted by Crippen LogP contribution is 2.23. The van der Waals surface area contributed by atoms with E-state index in [2.05, 4.69) is 60.9 Å². The zero-order valence-electron chi connectivity index (χ0n) is 12.7. The molecule has 0 aliphatic heterocycles. The third-order valence-electron chi connectivity index (χ3n) is 3.37. The van der Waals surface area contributed by atoms with Crippen LogP contribution < -0.4 is 10.2 Å². The fourth-order valence-corrected chi connectivity index (χ4v) is 3.02. The van der Waals surface area contributed by atoms with Gasteiger partial charge in [0, 0.05) is 31.4 Å². The molecule has 0 saturated heterocycles. The van der Waals surface area contributed by atoms with Crippen LogP contribution in [0, 0.1) is 13.8 Å². The Balaban J connectivity index is 2.27. The lowest BCUT2D eigenvalue weighted by Gasteiger charge is -2.23. The Hall–Kier alpha value is -1.39. The molecule has 0 aromatic carbocycles. The van der Waals surface area contributed by atoms with Gasteiger partial charge in [-0.2, -0.15) is 11.3 Å². The number of anilines is 1. The molecule has 20 heavy (non-hydrogen) atoms. The van der Waals surface area contributed by atoms with E-state index in [1.54, 1.807) is 11.3 Å². The van der Waals surface area contributed by atoms with Gasteiger partial charge in [-0.1, -0.05) is 6.92 Å². The van der Waals surface area contributed by atoms with E-state index in [0.29, 0.717) is 0 Å². The summed E-state index contributed by atoms with van der Waals surface area (Å²) in [5, 5.41) is 7.73. The molecule has 0 saturated carbocycles. The molecule has 0 atom stereocenters. The summed E-state index contributed by atoms with van der Waals surface area (Å²) >= 11 is 1.74. The molecule has 2 aromatic rings. The number of aromatic nitrogens is 1. The van der Waals surface area contributed by atoms with Gasteiger partial charge in [0.05, 0.1) is 0 Å². The van der Waals surface area contributed by atoms with Crippen LogP contribution in [0.1, 0.15) is 29.3 Å². The van der Waals surface area contributed by atoms with E-state index >= 15 is 0 Å². The predicted octanol–water partition coefficient (Wildman–Crippen LogP) is 3.51. The van der Waals surface area contributed by atoms with Crippen molar-refractivity contribution in [3.05, 3.63) is 45.3 Å². The van der Waals surface area contributed by atoms with Crippen LogP contribution in [-0.4, -0.2) is 18.6 Å². The number of hydrogen-bond acceptors (Lipinski definition) is 4. The number of aryl methyl sites for hydroxylation is 2. The second-order valence-electron chi connectivity index (χ2n) is 5.15. The van der Waals surface area contributed by atoms with E-state index in [1.165, 1.54) is 16.7 Å². The van der Waals surface area contributed by atoms with Crippen molar-refractivity contribution in [2.24, 2.45) is 0 Å². The molecule has 0 amide bonds. The fourth-order valence-electron chi connectivity index (χ4n) is 2.36. The maximum Gasteiger partial charge on any atom is 0.133 e. The molecule has 0 fully saturated rings. The lowest BCUT2D eigenvalue weighted by Crippen LogP contribution is -2.23. The van der Waals surface area contributed by atoms with Gasteiger partial charge in [0.15, 0.2) is 0 Å². The first-order valence-electron chi connectivity index (χ1n) is 7.02. The van der Waals surface area contributed by atoms with Crippen molar-refractivity contribution in [2.45, 2.75) is 33.9 Å². The zero-order valence-corrected chi connectivity index (χ0v) is 13.5. The standard InChI is InChI=1S/C16H23N3S/c1-5-17-9-15-12(2)8-13(3)18-16(15)19(4)10-14-6-7-20-11-14/h6-8,11,17H,5,9-10H2,1-4H3. The highest BCUT2D eigenvalue weighted by molar-refractivity contribution is 7.07. The first kappa shape index (κ1) is 15.0. The minimum absolute atomic E-state index is 0.874. The summed E-state index contributed by atoms with van der Waals surface area (Å²) in [5.74, 6) is 1.09. The first-order valence-corrected chi connectivity index (χ1v) is 7.96. The number of pyridine rings is 1. The number of hydrogen-bond donors (Lipinski definition) is 1. The van der Waals surface area contributed by atoms with Gasteiger partial charge in [0.25, 0.3) is 0 Å². The van der Waals surface area contributed by atoms with Gasteiger partial charge >= 0.3 is 0 Å². The van der Waals surface area contributed by atoms with E-state index in [4.69, 9.17) is 4.98 Å². The summed E-state index contributed by atoms with van der Waals surface area (Å²) in [6, 6.07) is 4.34. The van der Waals surface area contributed by atoms with Crippen molar-refractivity contribution in [3.8, 4) is 0 Å². The molecule has 108 valence electrons. The molecule has 1 N–H and O–H groups in total. The van der Waals surface area contributed by atoms with Crippen LogP contribution in [0.4, 0.5) is 5.82 Å². The number of nitrogens with one attached hydrogen (secondary N) is 1. The van der Waals surface area contributed by atoms with Crippen molar-refractivity contribution in [3.63, 3.8) is 0 Å². The van der Waals surface area contributed by atoms with E-state index in [0.717, 1.165) is 31.1 Å². The average molecular weight is 289 g/mol. The Kier molecular flexibility index (Phi) is 5.15.